The Bertz CT molecular complexity index is 304. The van der Waals surface area contributed by atoms with Gasteiger partial charge >= 0.3 is 5.97 Å². The number of carbonyl (C=O) groups excluding carboxylic acids is 1. The minimum absolute atomic E-state index is 0.266. The van der Waals surface area contributed by atoms with E-state index in [0.29, 0.717) is 12.2 Å². The molecule has 124 valence electrons. The number of halogens is 3. The van der Waals surface area contributed by atoms with Crippen LogP contribution in [-0.2, 0) is 9.53 Å². The van der Waals surface area contributed by atoms with Crippen molar-refractivity contribution in [2.24, 2.45) is 0 Å². The smallest absolute Gasteiger partial charge is 0.333 e. The van der Waals surface area contributed by atoms with E-state index in [4.69, 9.17) is 4.74 Å². The second-order valence-electron chi connectivity index (χ2n) is 5.46. The molecule has 0 aromatic carbocycles. The second-order valence-corrected chi connectivity index (χ2v) is 29.0. The third kappa shape index (κ3) is 17.1. The molecule has 0 saturated carbocycles. The Labute approximate surface area is 154 Å². The minimum atomic E-state index is -1.37. The van der Waals surface area contributed by atoms with Crippen LogP contribution in [0.2, 0.25) is 6.04 Å². The molecule has 0 aromatic heterocycles. The van der Waals surface area contributed by atoms with E-state index >= 15 is 0 Å². The molecule has 0 atom stereocenters. The maximum absolute atomic E-state index is 11.1. The van der Waals surface area contributed by atoms with Crippen molar-refractivity contribution in [3.8, 4) is 0 Å². The van der Waals surface area contributed by atoms with E-state index in [1.54, 1.807) is 6.92 Å². The number of hydrogen-bond donors (Lipinski definition) is 0. The number of esters is 1. The van der Waals surface area contributed by atoms with Gasteiger partial charge in [-0.25, -0.2) is 4.79 Å². The minimum Gasteiger partial charge on any atom is -0.462 e. The summed E-state index contributed by atoms with van der Waals surface area (Å²) < 4.78 is 3.69. The highest BCUT2D eigenvalue weighted by Gasteiger charge is 2.20. The van der Waals surface area contributed by atoms with Crippen LogP contribution in [0, 0.1) is 0 Å². The fraction of sp³-hybridized carbons (Fsp3) is 0.800. The van der Waals surface area contributed by atoms with Gasteiger partial charge in [-0.15, -0.1) is 0 Å². The molecule has 0 aromatic rings. The predicted molar refractivity (Wildman–Crippen MR) is 105 cm³/mol. The summed E-state index contributed by atoms with van der Waals surface area (Å²) in [5.74, 6) is -0.266. The lowest BCUT2D eigenvalue weighted by atomic mass is 10.1. The van der Waals surface area contributed by atoms with Crippen LogP contribution in [0.3, 0.4) is 0 Å². The zero-order valence-electron chi connectivity index (χ0n) is 12.9. The first-order valence-corrected chi connectivity index (χ1v) is 16.7. The number of carbonyl (C=O) groups is 1. The van der Waals surface area contributed by atoms with Crippen LogP contribution < -0.4 is 0 Å². The third-order valence-electron chi connectivity index (χ3n) is 3.19. The van der Waals surface area contributed by atoms with Gasteiger partial charge in [-0.3, -0.25) is 0 Å². The Morgan fingerprint density at radius 1 is 0.905 bits per heavy atom. The van der Waals surface area contributed by atoms with E-state index in [1.807, 2.05) is 0 Å². The zero-order valence-corrected chi connectivity index (χ0v) is 18.7. The molecular weight excluding hydrogens is 480 g/mol. The summed E-state index contributed by atoms with van der Waals surface area (Å²) in [4.78, 5) is 11.1. The highest BCUT2D eigenvalue weighted by molar-refractivity contribution is 9.72. The Morgan fingerprint density at radius 3 is 1.76 bits per heavy atom. The van der Waals surface area contributed by atoms with Gasteiger partial charge in [0.1, 0.15) is 0 Å². The van der Waals surface area contributed by atoms with Crippen molar-refractivity contribution in [2.45, 2.75) is 70.8 Å². The fourth-order valence-electron chi connectivity index (χ4n) is 1.95. The van der Waals surface area contributed by atoms with Crippen molar-refractivity contribution in [1.29, 1.82) is 0 Å². The summed E-state index contributed by atoms with van der Waals surface area (Å²) in [6, 6.07) is 1.23. The molecule has 0 saturated heterocycles. The molecule has 21 heavy (non-hydrogen) atoms. The van der Waals surface area contributed by atoms with Crippen LogP contribution >= 0.6 is 45.9 Å². The van der Waals surface area contributed by atoms with Gasteiger partial charge < -0.3 is 4.74 Å². The highest BCUT2D eigenvalue weighted by atomic mass is 80.0. The van der Waals surface area contributed by atoms with Gasteiger partial charge in [0.2, 0.25) is 0 Å². The van der Waals surface area contributed by atoms with Crippen LogP contribution in [0.25, 0.3) is 0 Å². The number of unbranched alkanes of at least 4 members (excludes halogenated alkanes) is 8. The summed E-state index contributed by atoms with van der Waals surface area (Å²) >= 11 is 11.0. The molecule has 0 bridgehead atoms. The Balaban J connectivity index is 3.16. The summed E-state index contributed by atoms with van der Waals surface area (Å²) in [5.41, 5.74) is 0.481. The van der Waals surface area contributed by atoms with Gasteiger partial charge in [0.15, 0.2) is 0 Å². The Hall–Kier alpha value is 0.867. The lowest BCUT2D eigenvalue weighted by Crippen LogP contribution is -2.05. The van der Waals surface area contributed by atoms with Crippen molar-refractivity contribution < 1.29 is 9.53 Å². The standard InChI is InChI=1S/C15H27Br3O2Si/c1-14(2)15(19)20-12-10-8-6-4-3-5-7-9-11-13-21(16,17)18/h1,3-13H2,2H3. The topological polar surface area (TPSA) is 26.3 Å². The average molecular weight is 507 g/mol. The molecule has 0 spiro atoms. The maximum atomic E-state index is 11.1. The quantitative estimate of drug-likeness (QED) is 0.0908. The zero-order chi connectivity index (χ0) is 16.1. The highest BCUT2D eigenvalue weighted by Crippen LogP contribution is 2.33. The monoisotopic (exact) mass is 504 g/mol. The largest absolute Gasteiger partial charge is 0.462 e. The van der Waals surface area contributed by atoms with Crippen LogP contribution in [0.5, 0.6) is 0 Å². The first-order valence-electron chi connectivity index (χ1n) is 7.72. The van der Waals surface area contributed by atoms with Gasteiger partial charge in [-0.1, -0.05) is 104 Å². The molecule has 0 fully saturated rings. The van der Waals surface area contributed by atoms with Crippen molar-refractivity contribution >= 4 is 55.8 Å². The molecule has 0 amide bonds. The van der Waals surface area contributed by atoms with Crippen LogP contribution in [0.1, 0.15) is 64.7 Å². The average Bonchev–Trinajstić information content (AvgIpc) is 2.38. The van der Waals surface area contributed by atoms with Gasteiger partial charge in [0.05, 0.1) is 6.61 Å². The van der Waals surface area contributed by atoms with Crippen molar-refractivity contribution in [1.82, 2.24) is 0 Å². The van der Waals surface area contributed by atoms with Crippen molar-refractivity contribution in [3.63, 3.8) is 0 Å². The number of ether oxygens (including phenoxy) is 1. The number of hydrogen-bond acceptors (Lipinski definition) is 2. The van der Waals surface area contributed by atoms with Crippen molar-refractivity contribution in [3.05, 3.63) is 12.2 Å². The maximum Gasteiger partial charge on any atom is 0.333 e. The molecule has 0 aliphatic heterocycles. The van der Waals surface area contributed by atoms with E-state index in [9.17, 15) is 4.79 Å². The first kappa shape index (κ1) is 21.9. The SMILES string of the molecule is C=C(C)C(=O)OCCCCCCCCCCC[Si](Br)(Br)Br. The van der Waals surface area contributed by atoms with E-state index in [2.05, 4.69) is 52.5 Å². The van der Waals surface area contributed by atoms with E-state index in [-0.39, 0.29) is 5.97 Å². The molecule has 0 unspecified atom stereocenters. The van der Waals surface area contributed by atoms with Gasteiger partial charge in [0, 0.05) is 5.57 Å². The second kappa shape index (κ2) is 13.3. The molecule has 0 aliphatic carbocycles. The lowest BCUT2D eigenvalue weighted by molar-refractivity contribution is -0.139. The van der Waals surface area contributed by atoms with E-state index < -0.39 is 3.93 Å². The van der Waals surface area contributed by atoms with Gasteiger partial charge in [-0.2, -0.15) is 0 Å². The first-order chi connectivity index (χ1) is 9.83. The molecule has 0 radical (unpaired) electrons. The summed E-state index contributed by atoms with van der Waals surface area (Å²) in [5, 5.41) is 0. The summed E-state index contributed by atoms with van der Waals surface area (Å²) in [6.45, 7) is 5.77. The molecule has 0 rings (SSSR count). The fourth-order valence-corrected chi connectivity index (χ4v) is 5.13. The Morgan fingerprint density at radius 2 is 1.33 bits per heavy atom. The van der Waals surface area contributed by atoms with Gasteiger partial charge in [-0.05, 0) is 19.4 Å². The molecular formula is C15H27Br3O2Si. The van der Waals surface area contributed by atoms with Gasteiger partial charge in [0.25, 0.3) is 3.93 Å². The predicted octanol–water partition coefficient (Wildman–Crippen LogP) is 6.74. The molecule has 0 aliphatic rings. The molecule has 0 heterocycles. The van der Waals surface area contributed by atoms with E-state index in [0.717, 1.165) is 12.8 Å². The van der Waals surface area contributed by atoms with Crippen molar-refractivity contribution in [2.75, 3.05) is 6.61 Å². The van der Waals surface area contributed by atoms with Crippen LogP contribution in [-0.4, -0.2) is 16.5 Å². The van der Waals surface area contributed by atoms with E-state index in [1.165, 1.54) is 51.0 Å². The third-order valence-corrected chi connectivity index (χ3v) is 7.68. The van der Waals surface area contributed by atoms with Crippen LogP contribution in [0.15, 0.2) is 12.2 Å². The Kier molecular flexibility index (Phi) is 13.9. The molecule has 2 nitrogen and oxygen atoms in total. The normalized spacial score (nSPS) is 11.4. The number of rotatable bonds is 13. The molecule has 0 N–H and O–H groups in total. The summed E-state index contributed by atoms with van der Waals surface area (Å²) in [6.07, 6.45) is 11.3. The summed E-state index contributed by atoms with van der Waals surface area (Å²) in [7, 11) is 0. The lowest BCUT2D eigenvalue weighted by Gasteiger charge is -2.08. The van der Waals surface area contributed by atoms with Crippen LogP contribution in [0.4, 0.5) is 0 Å². The molecule has 6 heteroatoms.